The summed E-state index contributed by atoms with van der Waals surface area (Å²) in [5.41, 5.74) is 0.455. The van der Waals surface area contributed by atoms with Gasteiger partial charge < -0.3 is 15.4 Å². The predicted octanol–water partition coefficient (Wildman–Crippen LogP) is 4.72. The summed E-state index contributed by atoms with van der Waals surface area (Å²) in [5, 5.41) is 8.70. The van der Waals surface area contributed by atoms with Crippen LogP contribution in [0, 0.1) is 0 Å². The molecule has 1 atom stereocenters. The van der Waals surface area contributed by atoms with Gasteiger partial charge in [0.1, 0.15) is 0 Å². The van der Waals surface area contributed by atoms with Crippen molar-refractivity contribution in [3.8, 4) is 0 Å². The van der Waals surface area contributed by atoms with Crippen LogP contribution in [0.1, 0.15) is 6.92 Å². The zero-order valence-electron chi connectivity index (χ0n) is 11.6. The Labute approximate surface area is 163 Å². The number of thiocarbonyl (C=S) groups is 1. The quantitative estimate of drug-likeness (QED) is 0.360. The number of carbonyl (C=O) groups excluding carboxylic acids is 1. The normalized spacial score (nSPS) is 12.3. The van der Waals surface area contributed by atoms with E-state index in [1.807, 2.05) is 0 Å². The minimum absolute atomic E-state index is 0.0577. The highest BCUT2D eigenvalue weighted by molar-refractivity contribution is 7.80. The van der Waals surface area contributed by atoms with Crippen LogP contribution in [-0.4, -0.2) is 27.8 Å². The number of nitrogens with one attached hydrogen (secondary N) is 3. The second-order valence-electron chi connectivity index (χ2n) is 4.06. The van der Waals surface area contributed by atoms with Gasteiger partial charge in [0.2, 0.25) is 3.79 Å². The lowest BCUT2D eigenvalue weighted by molar-refractivity contribution is 0.147. The molecule has 0 bridgehead atoms. The molecule has 0 saturated heterocycles. The highest BCUT2D eigenvalue weighted by Crippen LogP contribution is 2.29. The van der Waals surface area contributed by atoms with Gasteiger partial charge in [-0.05, 0) is 37.3 Å². The minimum Gasteiger partial charge on any atom is -0.450 e. The van der Waals surface area contributed by atoms with Gasteiger partial charge in [-0.1, -0.05) is 58.0 Å². The van der Waals surface area contributed by atoms with Crippen LogP contribution in [0.25, 0.3) is 0 Å². The topological polar surface area (TPSA) is 62.4 Å². The molecule has 0 aliphatic heterocycles. The average Bonchev–Trinajstić information content (AvgIpc) is 2.41. The van der Waals surface area contributed by atoms with Crippen LogP contribution < -0.4 is 16.0 Å². The molecule has 128 valence electrons. The van der Waals surface area contributed by atoms with Crippen LogP contribution in [0.4, 0.5) is 10.5 Å². The molecule has 1 rings (SSSR count). The van der Waals surface area contributed by atoms with Gasteiger partial charge in [0, 0.05) is 5.02 Å². The van der Waals surface area contributed by atoms with Gasteiger partial charge in [0.25, 0.3) is 0 Å². The van der Waals surface area contributed by atoms with E-state index < -0.39 is 16.1 Å². The van der Waals surface area contributed by atoms with Crippen LogP contribution in [0.2, 0.25) is 10.0 Å². The first-order valence-electron chi connectivity index (χ1n) is 6.16. The van der Waals surface area contributed by atoms with Gasteiger partial charge >= 0.3 is 6.09 Å². The molecular weight excluding hydrogens is 427 g/mol. The summed E-state index contributed by atoms with van der Waals surface area (Å²) >= 11 is 34.4. The summed E-state index contributed by atoms with van der Waals surface area (Å²) in [7, 11) is 0. The lowest BCUT2D eigenvalue weighted by atomic mass is 10.3. The van der Waals surface area contributed by atoms with Gasteiger partial charge in [0.15, 0.2) is 11.3 Å². The van der Waals surface area contributed by atoms with Crippen molar-refractivity contribution >= 4 is 87.1 Å². The fourth-order valence-corrected chi connectivity index (χ4v) is 2.27. The standard InChI is InChI=1S/C12H12Cl5N3O2S/c1-2-22-11(21)20-9(12(15,16)17)19-10(23)18-8-5-6(13)3-4-7(8)14/h3-5,9H,2H2,1H3,(H,20,21)(H2,18,19,23)/t9-/m1/s1. The third-order valence-corrected chi connectivity index (χ3v) is 3.76. The van der Waals surface area contributed by atoms with Crippen LogP contribution in [0.3, 0.4) is 0 Å². The number of ether oxygens (including phenoxy) is 1. The third-order valence-electron chi connectivity index (χ3n) is 2.32. The van der Waals surface area contributed by atoms with E-state index in [4.69, 9.17) is 75.0 Å². The maximum absolute atomic E-state index is 11.5. The first-order chi connectivity index (χ1) is 10.6. The number of hydrogen-bond acceptors (Lipinski definition) is 3. The number of anilines is 1. The Morgan fingerprint density at radius 2 is 1.96 bits per heavy atom. The van der Waals surface area contributed by atoms with Gasteiger partial charge in [-0.25, -0.2) is 4.79 Å². The summed E-state index contributed by atoms with van der Waals surface area (Å²) in [6.45, 7) is 1.81. The van der Waals surface area contributed by atoms with E-state index in [9.17, 15) is 4.79 Å². The largest absolute Gasteiger partial charge is 0.450 e. The number of alkyl carbamates (subject to hydrolysis) is 1. The number of hydrogen-bond donors (Lipinski definition) is 3. The fourth-order valence-electron chi connectivity index (χ4n) is 1.37. The van der Waals surface area contributed by atoms with Crippen molar-refractivity contribution in [2.75, 3.05) is 11.9 Å². The molecule has 0 unspecified atom stereocenters. The maximum atomic E-state index is 11.5. The lowest BCUT2D eigenvalue weighted by Gasteiger charge is -2.27. The van der Waals surface area contributed by atoms with Crippen molar-refractivity contribution < 1.29 is 9.53 Å². The van der Waals surface area contributed by atoms with Crippen molar-refractivity contribution in [3.05, 3.63) is 28.2 Å². The van der Waals surface area contributed by atoms with E-state index in [-0.39, 0.29) is 11.7 Å². The summed E-state index contributed by atoms with van der Waals surface area (Å²) in [6.07, 6.45) is -1.90. The van der Waals surface area contributed by atoms with Crippen molar-refractivity contribution in [2.24, 2.45) is 0 Å². The smallest absolute Gasteiger partial charge is 0.408 e. The number of benzene rings is 1. The molecule has 0 aliphatic carbocycles. The molecule has 1 aromatic carbocycles. The molecule has 0 heterocycles. The van der Waals surface area contributed by atoms with Crippen molar-refractivity contribution in [2.45, 2.75) is 16.9 Å². The van der Waals surface area contributed by atoms with Gasteiger partial charge in [-0.2, -0.15) is 0 Å². The highest BCUT2D eigenvalue weighted by Gasteiger charge is 2.35. The molecule has 0 saturated carbocycles. The Balaban J connectivity index is 2.77. The summed E-state index contributed by atoms with van der Waals surface area (Å²) in [6, 6.07) is 4.79. The van der Waals surface area contributed by atoms with Crippen LogP contribution in [0.5, 0.6) is 0 Å². The van der Waals surface area contributed by atoms with E-state index in [1.165, 1.54) is 0 Å². The molecule has 1 aromatic rings. The third kappa shape index (κ3) is 7.37. The monoisotopic (exact) mass is 437 g/mol. The summed E-state index contributed by atoms with van der Waals surface area (Å²) < 4.78 is 2.86. The molecule has 3 N–H and O–H groups in total. The number of carbonyl (C=O) groups is 1. The molecule has 0 aromatic heterocycles. The zero-order valence-corrected chi connectivity index (χ0v) is 16.2. The molecule has 5 nitrogen and oxygen atoms in total. The van der Waals surface area contributed by atoms with Crippen LogP contribution >= 0.6 is 70.2 Å². The molecule has 0 fully saturated rings. The zero-order chi connectivity index (χ0) is 17.6. The van der Waals surface area contributed by atoms with E-state index in [0.29, 0.717) is 15.7 Å². The van der Waals surface area contributed by atoms with Gasteiger partial charge in [-0.15, -0.1) is 0 Å². The molecular formula is C12H12Cl5N3O2S. The first kappa shape index (κ1) is 20.7. The SMILES string of the molecule is CCOC(=O)N[C@@H](NC(=S)Nc1cc(Cl)ccc1Cl)C(Cl)(Cl)Cl. The number of halogens is 5. The fraction of sp³-hybridized carbons (Fsp3) is 0.333. The summed E-state index contributed by atoms with van der Waals surface area (Å²) in [4.78, 5) is 11.5. The Kier molecular flexibility index (Phi) is 8.27. The van der Waals surface area contributed by atoms with E-state index in [0.717, 1.165) is 0 Å². The second-order valence-corrected chi connectivity index (χ2v) is 7.68. The number of rotatable bonds is 4. The Morgan fingerprint density at radius 1 is 1.30 bits per heavy atom. The predicted molar refractivity (Wildman–Crippen MR) is 100 cm³/mol. The molecule has 11 heteroatoms. The average molecular weight is 440 g/mol. The molecule has 1 amide bonds. The van der Waals surface area contributed by atoms with E-state index in [1.54, 1.807) is 25.1 Å². The minimum atomic E-state index is -1.88. The molecule has 0 radical (unpaired) electrons. The van der Waals surface area contributed by atoms with E-state index in [2.05, 4.69) is 16.0 Å². The summed E-state index contributed by atoms with van der Waals surface area (Å²) in [5.74, 6) is 0. The first-order valence-corrected chi connectivity index (χ1v) is 8.46. The molecule has 23 heavy (non-hydrogen) atoms. The van der Waals surface area contributed by atoms with Crippen molar-refractivity contribution in [1.82, 2.24) is 10.6 Å². The molecule has 0 spiro atoms. The van der Waals surface area contributed by atoms with Crippen molar-refractivity contribution in [3.63, 3.8) is 0 Å². The maximum Gasteiger partial charge on any atom is 0.408 e. The Bertz CT molecular complexity index is 582. The Hall–Kier alpha value is -0.370. The van der Waals surface area contributed by atoms with Crippen molar-refractivity contribution in [1.29, 1.82) is 0 Å². The number of amides is 1. The van der Waals surface area contributed by atoms with Gasteiger partial charge in [0.05, 0.1) is 17.3 Å². The molecule has 0 aliphatic rings. The van der Waals surface area contributed by atoms with E-state index >= 15 is 0 Å². The Morgan fingerprint density at radius 3 is 2.52 bits per heavy atom. The van der Waals surface area contributed by atoms with Crippen LogP contribution in [-0.2, 0) is 4.74 Å². The van der Waals surface area contributed by atoms with Gasteiger partial charge in [-0.3, -0.25) is 5.32 Å². The lowest BCUT2D eigenvalue weighted by Crippen LogP contribution is -2.56. The second kappa shape index (κ2) is 9.20. The number of alkyl halides is 3. The van der Waals surface area contributed by atoms with Crippen LogP contribution in [0.15, 0.2) is 18.2 Å². The highest BCUT2D eigenvalue weighted by atomic mass is 35.6.